The molecule has 1 aromatic rings. The van der Waals surface area contributed by atoms with Crippen molar-refractivity contribution in [2.24, 2.45) is 0 Å². The van der Waals surface area contributed by atoms with Gasteiger partial charge in [0.25, 0.3) is 0 Å². The molecular formula is C15H14BrClO4. The van der Waals surface area contributed by atoms with E-state index in [2.05, 4.69) is 15.9 Å². The van der Waals surface area contributed by atoms with E-state index in [0.29, 0.717) is 23.6 Å². The highest BCUT2D eigenvalue weighted by Gasteiger charge is 2.50. The van der Waals surface area contributed by atoms with Crippen molar-refractivity contribution in [3.8, 4) is 0 Å². The standard InChI is InChI=1S/C15H14BrClO4/c1-8-5-9(16)6-10(17)11(8)12-13(18)15(21-14(12)19)3-2-4-20-7-15/h5-6,18H,2-4,7H2,1H3. The van der Waals surface area contributed by atoms with Crippen LogP contribution in [-0.2, 0) is 14.3 Å². The van der Waals surface area contributed by atoms with E-state index < -0.39 is 11.6 Å². The molecule has 1 aromatic carbocycles. The Hall–Kier alpha value is -1.04. The number of aryl methyl sites for hydroxylation is 1. The predicted molar refractivity (Wildman–Crippen MR) is 82.3 cm³/mol. The van der Waals surface area contributed by atoms with E-state index in [4.69, 9.17) is 21.1 Å². The highest BCUT2D eigenvalue weighted by Crippen LogP contribution is 2.44. The third-order valence-electron chi connectivity index (χ3n) is 3.87. The maximum Gasteiger partial charge on any atom is 0.343 e. The van der Waals surface area contributed by atoms with E-state index in [1.54, 1.807) is 6.07 Å². The molecule has 1 spiro atoms. The van der Waals surface area contributed by atoms with Crippen LogP contribution in [0.25, 0.3) is 5.57 Å². The number of rotatable bonds is 1. The lowest BCUT2D eigenvalue weighted by atomic mass is 9.91. The molecule has 1 N–H and O–H groups in total. The number of benzene rings is 1. The molecule has 1 saturated heterocycles. The molecule has 0 saturated carbocycles. The maximum atomic E-state index is 12.3. The Kier molecular flexibility index (Phi) is 3.76. The number of aliphatic hydroxyl groups excluding tert-OH is 1. The average molecular weight is 374 g/mol. The van der Waals surface area contributed by atoms with Crippen LogP contribution in [0.15, 0.2) is 22.4 Å². The smallest absolute Gasteiger partial charge is 0.343 e. The first-order valence-electron chi connectivity index (χ1n) is 6.65. The van der Waals surface area contributed by atoms with Crippen molar-refractivity contribution in [3.63, 3.8) is 0 Å². The van der Waals surface area contributed by atoms with Crippen molar-refractivity contribution >= 4 is 39.1 Å². The van der Waals surface area contributed by atoms with Gasteiger partial charge in [0.2, 0.25) is 0 Å². The second-order valence-electron chi connectivity index (χ2n) is 5.34. The Morgan fingerprint density at radius 3 is 2.81 bits per heavy atom. The first kappa shape index (κ1) is 14.9. The van der Waals surface area contributed by atoms with Crippen LogP contribution in [0, 0.1) is 6.92 Å². The van der Waals surface area contributed by atoms with Gasteiger partial charge in [-0.05, 0) is 37.5 Å². The summed E-state index contributed by atoms with van der Waals surface area (Å²) in [4.78, 5) is 12.3. The van der Waals surface area contributed by atoms with Gasteiger partial charge in [-0.3, -0.25) is 0 Å². The van der Waals surface area contributed by atoms with Crippen molar-refractivity contribution in [3.05, 3.63) is 38.5 Å². The summed E-state index contributed by atoms with van der Waals surface area (Å²) in [7, 11) is 0. The van der Waals surface area contributed by atoms with Gasteiger partial charge in [-0.25, -0.2) is 4.79 Å². The van der Waals surface area contributed by atoms with Crippen LogP contribution in [0.3, 0.4) is 0 Å². The van der Waals surface area contributed by atoms with Crippen LogP contribution in [0.4, 0.5) is 0 Å². The van der Waals surface area contributed by atoms with Crippen molar-refractivity contribution in [2.75, 3.05) is 13.2 Å². The summed E-state index contributed by atoms with van der Waals surface area (Å²) in [6.07, 6.45) is 1.29. The van der Waals surface area contributed by atoms with Crippen molar-refractivity contribution in [2.45, 2.75) is 25.4 Å². The van der Waals surface area contributed by atoms with Crippen molar-refractivity contribution in [1.29, 1.82) is 0 Å². The molecule has 1 fully saturated rings. The van der Waals surface area contributed by atoms with Crippen LogP contribution < -0.4 is 0 Å². The number of hydrogen-bond acceptors (Lipinski definition) is 4. The van der Waals surface area contributed by atoms with Crippen LogP contribution in [0.5, 0.6) is 0 Å². The minimum absolute atomic E-state index is 0.0699. The van der Waals surface area contributed by atoms with Gasteiger partial charge in [0, 0.05) is 16.6 Å². The fourth-order valence-corrected chi connectivity index (χ4v) is 3.94. The summed E-state index contributed by atoms with van der Waals surface area (Å²) < 4.78 is 11.6. The lowest BCUT2D eigenvalue weighted by Crippen LogP contribution is -2.41. The predicted octanol–water partition coefficient (Wildman–Crippen LogP) is 3.79. The monoisotopic (exact) mass is 372 g/mol. The van der Waals surface area contributed by atoms with Gasteiger partial charge < -0.3 is 14.6 Å². The summed E-state index contributed by atoms with van der Waals surface area (Å²) in [6, 6.07) is 3.54. The molecule has 2 aliphatic heterocycles. The van der Waals surface area contributed by atoms with Gasteiger partial charge in [-0.2, -0.15) is 0 Å². The van der Waals surface area contributed by atoms with Crippen molar-refractivity contribution in [1.82, 2.24) is 0 Å². The SMILES string of the molecule is Cc1cc(Br)cc(Cl)c1C1=C(O)C2(CCCOC2)OC1=O. The topological polar surface area (TPSA) is 55.8 Å². The Bertz CT molecular complexity index is 624. The molecule has 6 heteroatoms. The van der Waals surface area contributed by atoms with Gasteiger partial charge in [0.15, 0.2) is 11.4 Å². The lowest BCUT2D eigenvalue weighted by Gasteiger charge is -2.31. The Morgan fingerprint density at radius 1 is 1.43 bits per heavy atom. The highest BCUT2D eigenvalue weighted by molar-refractivity contribution is 9.10. The fourth-order valence-electron chi connectivity index (χ4n) is 2.88. The Morgan fingerprint density at radius 2 is 2.19 bits per heavy atom. The summed E-state index contributed by atoms with van der Waals surface area (Å²) in [5.41, 5.74) is 0.412. The molecule has 4 nitrogen and oxygen atoms in total. The van der Waals surface area contributed by atoms with Gasteiger partial charge >= 0.3 is 5.97 Å². The molecule has 1 atom stereocenters. The highest BCUT2D eigenvalue weighted by atomic mass is 79.9. The molecule has 3 rings (SSSR count). The van der Waals surface area contributed by atoms with E-state index in [1.807, 2.05) is 13.0 Å². The lowest BCUT2D eigenvalue weighted by molar-refractivity contribution is -0.158. The summed E-state index contributed by atoms with van der Waals surface area (Å²) >= 11 is 9.62. The second kappa shape index (κ2) is 5.30. The minimum Gasteiger partial charge on any atom is -0.507 e. The number of ether oxygens (including phenoxy) is 2. The van der Waals surface area contributed by atoms with Crippen LogP contribution in [0.2, 0.25) is 5.02 Å². The van der Waals surface area contributed by atoms with Crippen LogP contribution >= 0.6 is 27.5 Å². The molecule has 0 aliphatic carbocycles. The fraction of sp³-hybridized carbons (Fsp3) is 0.400. The first-order valence-corrected chi connectivity index (χ1v) is 7.82. The molecule has 21 heavy (non-hydrogen) atoms. The number of carbonyl (C=O) groups excluding carboxylic acids is 1. The molecular weight excluding hydrogens is 360 g/mol. The van der Waals surface area contributed by atoms with E-state index in [0.717, 1.165) is 16.5 Å². The number of halogens is 2. The van der Waals surface area contributed by atoms with Gasteiger partial charge in [0.1, 0.15) is 5.57 Å². The molecule has 2 heterocycles. The zero-order chi connectivity index (χ0) is 15.2. The van der Waals surface area contributed by atoms with E-state index >= 15 is 0 Å². The summed E-state index contributed by atoms with van der Waals surface area (Å²) in [6.45, 7) is 2.63. The summed E-state index contributed by atoms with van der Waals surface area (Å²) in [5.74, 6) is -0.621. The Balaban J connectivity index is 2.15. The van der Waals surface area contributed by atoms with Gasteiger partial charge in [-0.15, -0.1) is 0 Å². The van der Waals surface area contributed by atoms with Gasteiger partial charge in [0.05, 0.1) is 11.6 Å². The van der Waals surface area contributed by atoms with E-state index in [9.17, 15) is 9.90 Å². The second-order valence-corrected chi connectivity index (χ2v) is 6.67. The van der Waals surface area contributed by atoms with Gasteiger partial charge in [-0.1, -0.05) is 27.5 Å². The zero-order valence-corrected chi connectivity index (χ0v) is 13.8. The quantitative estimate of drug-likeness (QED) is 0.761. The number of aliphatic hydroxyl groups is 1. The molecule has 0 aromatic heterocycles. The molecule has 112 valence electrons. The normalized spacial score (nSPS) is 25.6. The van der Waals surface area contributed by atoms with E-state index in [-0.39, 0.29) is 17.9 Å². The van der Waals surface area contributed by atoms with Crippen LogP contribution in [-0.4, -0.2) is 29.9 Å². The molecule has 1 unspecified atom stereocenters. The third-order valence-corrected chi connectivity index (χ3v) is 4.62. The molecule has 2 aliphatic rings. The molecule has 0 amide bonds. The first-order chi connectivity index (χ1) is 9.94. The Labute approximate surface area is 135 Å². The minimum atomic E-state index is -1.05. The molecule has 0 bridgehead atoms. The molecule has 0 radical (unpaired) electrons. The third kappa shape index (κ3) is 2.37. The number of esters is 1. The number of hydrogen-bond donors (Lipinski definition) is 1. The largest absolute Gasteiger partial charge is 0.507 e. The van der Waals surface area contributed by atoms with Crippen molar-refractivity contribution < 1.29 is 19.4 Å². The number of carbonyl (C=O) groups is 1. The van der Waals surface area contributed by atoms with E-state index in [1.165, 1.54) is 0 Å². The summed E-state index contributed by atoms with van der Waals surface area (Å²) in [5, 5.41) is 11.0. The maximum absolute atomic E-state index is 12.3. The average Bonchev–Trinajstić information content (AvgIpc) is 2.63. The zero-order valence-electron chi connectivity index (χ0n) is 11.4. The van der Waals surface area contributed by atoms with Crippen LogP contribution in [0.1, 0.15) is 24.0 Å².